The SMILES string of the molecule is CCc1nnc(C[C@@H]2CC[C@H](NCC3=CCCOC3)C2)o1. The minimum atomic E-state index is 0.617. The average Bonchev–Trinajstić information content (AvgIpc) is 3.16. The van der Waals surface area contributed by atoms with E-state index in [0.717, 1.165) is 50.8 Å². The number of aryl methyl sites for hydroxylation is 1. The lowest BCUT2D eigenvalue weighted by molar-refractivity contribution is 0.148. The van der Waals surface area contributed by atoms with E-state index in [-0.39, 0.29) is 0 Å². The Labute approximate surface area is 126 Å². The third kappa shape index (κ3) is 4.14. The van der Waals surface area contributed by atoms with Crippen molar-refractivity contribution in [2.24, 2.45) is 5.92 Å². The maximum atomic E-state index is 5.62. The molecule has 0 amide bonds. The zero-order valence-corrected chi connectivity index (χ0v) is 12.8. The van der Waals surface area contributed by atoms with Gasteiger partial charge in [-0.15, -0.1) is 10.2 Å². The minimum Gasteiger partial charge on any atom is -0.425 e. The van der Waals surface area contributed by atoms with Crippen LogP contribution in [0.5, 0.6) is 0 Å². The van der Waals surface area contributed by atoms with E-state index in [1.807, 2.05) is 6.92 Å². The quantitative estimate of drug-likeness (QED) is 0.815. The molecule has 2 aliphatic rings. The summed E-state index contributed by atoms with van der Waals surface area (Å²) < 4.78 is 11.1. The first-order valence-electron chi connectivity index (χ1n) is 8.13. The Hall–Kier alpha value is -1.20. The lowest BCUT2D eigenvalue weighted by Crippen LogP contribution is -2.30. The fourth-order valence-corrected chi connectivity index (χ4v) is 3.21. The van der Waals surface area contributed by atoms with Gasteiger partial charge in [-0.3, -0.25) is 0 Å². The molecule has 1 N–H and O–H groups in total. The lowest BCUT2D eigenvalue weighted by atomic mass is 10.0. The van der Waals surface area contributed by atoms with Crippen LogP contribution >= 0.6 is 0 Å². The van der Waals surface area contributed by atoms with Crippen LogP contribution in [0.2, 0.25) is 0 Å². The van der Waals surface area contributed by atoms with Gasteiger partial charge < -0.3 is 14.5 Å². The molecule has 116 valence electrons. The number of hydrogen-bond donors (Lipinski definition) is 1. The molecule has 0 aromatic carbocycles. The summed E-state index contributed by atoms with van der Waals surface area (Å²) in [5.74, 6) is 2.23. The normalized spacial score (nSPS) is 26.0. The molecule has 1 aliphatic heterocycles. The predicted molar refractivity (Wildman–Crippen MR) is 80.0 cm³/mol. The summed E-state index contributed by atoms with van der Waals surface area (Å²) >= 11 is 0. The molecule has 1 fully saturated rings. The zero-order valence-electron chi connectivity index (χ0n) is 12.8. The molecule has 3 rings (SSSR count). The Balaban J connectivity index is 1.41. The van der Waals surface area contributed by atoms with Crippen molar-refractivity contribution in [3.8, 4) is 0 Å². The molecule has 0 bridgehead atoms. The van der Waals surface area contributed by atoms with E-state index in [1.54, 1.807) is 0 Å². The van der Waals surface area contributed by atoms with Gasteiger partial charge in [-0.2, -0.15) is 0 Å². The van der Waals surface area contributed by atoms with Gasteiger partial charge in [-0.05, 0) is 37.2 Å². The van der Waals surface area contributed by atoms with Gasteiger partial charge in [0.05, 0.1) is 13.2 Å². The standard InChI is InChI=1S/C16H25N3O2/c1-2-15-18-19-16(21-15)9-12-5-6-14(8-12)17-10-13-4-3-7-20-11-13/h4,12,14,17H,2-3,5-11H2,1H3/t12-,14+/m1/s1. The van der Waals surface area contributed by atoms with Crippen molar-refractivity contribution in [3.63, 3.8) is 0 Å². The molecule has 0 spiro atoms. The van der Waals surface area contributed by atoms with Crippen LogP contribution in [0.15, 0.2) is 16.1 Å². The van der Waals surface area contributed by atoms with E-state index in [4.69, 9.17) is 9.15 Å². The average molecular weight is 291 g/mol. The van der Waals surface area contributed by atoms with Gasteiger partial charge >= 0.3 is 0 Å². The van der Waals surface area contributed by atoms with E-state index in [2.05, 4.69) is 21.6 Å². The maximum Gasteiger partial charge on any atom is 0.216 e. The fourth-order valence-electron chi connectivity index (χ4n) is 3.21. The topological polar surface area (TPSA) is 60.2 Å². The zero-order chi connectivity index (χ0) is 14.5. The van der Waals surface area contributed by atoms with Crippen LogP contribution in [0.25, 0.3) is 0 Å². The van der Waals surface area contributed by atoms with Crippen molar-refractivity contribution in [2.45, 2.75) is 51.5 Å². The molecule has 21 heavy (non-hydrogen) atoms. The third-order valence-electron chi connectivity index (χ3n) is 4.42. The van der Waals surface area contributed by atoms with Gasteiger partial charge in [0.2, 0.25) is 11.8 Å². The predicted octanol–water partition coefficient (Wildman–Crippen LogP) is 2.28. The molecule has 0 unspecified atom stereocenters. The van der Waals surface area contributed by atoms with Crippen LogP contribution in [0.4, 0.5) is 0 Å². The molecule has 2 atom stereocenters. The van der Waals surface area contributed by atoms with Crippen LogP contribution in [-0.2, 0) is 17.6 Å². The second-order valence-electron chi connectivity index (χ2n) is 6.11. The molecular formula is C16H25N3O2. The van der Waals surface area contributed by atoms with E-state index in [1.165, 1.54) is 24.8 Å². The van der Waals surface area contributed by atoms with Crippen LogP contribution < -0.4 is 5.32 Å². The van der Waals surface area contributed by atoms with E-state index < -0.39 is 0 Å². The Morgan fingerprint density at radius 3 is 2.95 bits per heavy atom. The molecule has 1 aromatic rings. The molecule has 5 nitrogen and oxygen atoms in total. The van der Waals surface area contributed by atoms with Crippen molar-refractivity contribution in [1.82, 2.24) is 15.5 Å². The number of nitrogens with zero attached hydrogens (tertiary/aromatic N) is 2. The summed E-state index contributed by atoms with van der Waals surface area (Å²) in [5.41, 5.74) is 1.40. The largest absolute Gasteiger partial charge is 0.425 e. The Bertz CT molecular complexity index is 484. The summed E-state index contributed by atoms with van der Waals surface area (Å²) in [6.07, 6.45) is 8.81. The fraction of sp³-hybridized carbons (Fsp3) is 0.750. The first-order chi connectivity index (χ1) is 10.3. The highest BCUT2D eigenvalue weighted by molar-refractivity contribution is 5.07. The van der Waals surface area contributed by atoms with Crippen molar-refractivity contribution in [2.75, 3.05) is 19.8 Å². The third-order valence-corrected chi connectivity index (χ3v) is 4.42. The Morgan fingerprint density at radius 2 is 2.19 bits per heavy atom. The molecule has 0 saturated heterocycles. The van der Waals surface area contributed by atoms with Crippen LogP contribution in [-0.4, -0.2) is 36.0 Å². The maximum absolute atomic E-state index is 5.62. The van der Waals surface area contributed by atoms with E-state index in [9.17, 15) is 0 Å². The van der Waals surface area contributed by atoms with Gasteiger partial charge in [-0.1, -0.05) is 13.0 Å². The monoisotopic (exact) mass is 291 g/mol. The highest BCUT2D eigenvalue weighted by atomic mass is 16.5. The molecule has 1 aliphatic carbocycles. The Morgan fingerprint density at radius 1 is 1.29 bits per heavy atom. The van der Waals surface area contributed by atoms with Gasteiger partial charge in [0.15, 0.2) is 0 Å². The van der Waals surface area contributed by atoms with Crippen molar-refractivity contribution in [1.29, 1.82) is 0 Å². The van der Waals surface area contributed by atoms with Crippen LogP contribution in [0.1, 0.15) is 44.4 Å². The number of nitrogens with one attached hydrogen (secondary N) is 1. The molecule has 2 heterocycles. The molecular weight excluding hydrogens is 266 g/mol. The highest BCUT2D eigenvalue weighted by Crippen LogP contribution is 2.28. The minimum absolute atomic E-state index is 0.617. The summed E-state index contributed by atoms with van der Waals surface area (Å²) in [7, 11) is 0. The second kappa shape index (κ2) is 7.18. The lowest BCUT2D eigenvalue weighted by Gasteiger charge is -2.17. The molecule has 0 radical (unpaired) electrons. The summed E-state index contributed by atoms with van der Waals surface area (Å²) in [4.78, 5) is 0. The number of hydrogen-bond acceptors (Lipinski definition) is 5. The Kier molecular flexibility index (Phi) is 5.04. The van der Waals surface area contributed by atoms with Gasteiger partial charge in [-0.25, -0.2) is 0 Å². The first-order valence-corrected chi connectivity index (χ1v) is 8.13. The van der Waals surface area contributed by atoms with E-state index >= 15 is 0 Å². The van der Waals surface area contributed by atoms with Gasteiger partial charge in [0.25, 0.3) is 0 Å². The molecule has 1 aromatic heterocycles. The second-order valence-corrected chi connectivity index (χ2v) is 6.11. The van der Waals surface area contributed by atoms with Crippen molar-refractivity contribution >= 4 is 0 Å². The van der Waals surface area contributed by atoms with Gasteiger partial charge in [0, 0.05) is 25.4 Å². The van der Waals surface area contributed by atoms with E-state index in [0.29, 0.717) is 12.0 Å². The molecule has 1 saturated carbocycles. The number of ether oxygens (including phenoxy) is 1. The van der Waals surface area contributed by atoms with Crippen LogP contribution in [0, 0.1) is 5.92 Å². The summed E-state index contributed by atoms with van der Waals surface area (Å²) in [6, 6.07) is 0.617. The summed E-state index contributed by atoms with van der Waals surface area (Å²) in [6.45, 7) is 4.68. The smallest absolute Gasteiger partial charge is 0.216 e. The number of aromatic nitrogens is 2. The van der Waals surface area contributed by atoms with Crippen molar-refractivity contribution in [3.05, 3.63) is 23.4 Å². The first kappa shape index (κ1) is 14.7. The van der Waals surface area contributed by atoms with Crippen LogP contribution in [0.3, 0.4) is 0 Å². The highest BCUT2D eigenvalue weighted by Gasteiger charge is 2.26. The van der Waals surface area contributed by atoms with Gasteiger partial charge in [0.1, 0.15) is 0 Å². The molecule has 5 heteroatoms. The number of rotatable bonds is 6. The summed E-state index contributed by atoms with van der Waals surface area (Å²) in [5, 5.41) is 11.8. The van der Waals surface area contributed by atoms with Crippen molar-refractivity contribution < 1.29 is 9.15 Å².